The second-order valence-corrected chi connectivity index (χ2v) is 8.58. The first kappa shape index (κ1) is 18.3. The van der Waals surface area contributed by atoms with Crippen molar-refractivity contribution in [1.82, 2.24) is 5.32 Å². The van der Waals surface area contributed by atoms with E-state index in [1.807, 2.05) is 13.8 Å². The van der Waals surface area contributed by atoms with Gasteiger partial charge in [-0.2, -0.15) is 0 Å². The quantitative estimate of drug-likeness (QED) is 0.686. The van der Waals surface area contributed by atoms with Gasteiger partial charge in [0.05, 0.1) is 11.7 Å². The molecule has 142 valence electrons. The molecule has 4 rings (SSSR count). The highest BCUT2D eigenvalue weighted by atomic mass is 32.1. The van der Waals surface area contributed by atoms with Gasteiger partial charge in [0, 0.05) is 16.7 Å². The van der Waals surface area contributed by atoms with Gasteiger partial charge in [-0.1, -0.05) is 18.2 Å². The Morgan fingerprint density at radius 2 is 2.04 bits per heavy atom. The Balaban J connectivity index is 1.63. The van der Waals surface area contributed by atoms with Crippen LogP contribution in [0, 0.1) is 13.8 Å². The van der Waals surface area contributed by atoms with E-state index in [2.05, 4.69) is 35.0 Å². The van der Waals surface area contributed by atoms with Gasteiger partial charge in [-0.3, -0.25) is 4.79 Å². The van der Waals surface area contributed by atoms with Crippen LogP contribution in [-0.4, -0.2) is 23.7 Å². The van der Waals surface area contributed by atoms with E-state index in [1.54, 1.807) is 17.4 Å². The van der Waals surface area contributed by atoms with Crippen molar-refractivity contribution >= 4 is 27.3 Å². The summed E-state index contributed by atoms with van der Waals surface area (Å²) < 4.78 is 6.77. The van der Waals surface area contributed by atoms with Gasteiger partial charge in [0.2, 0.25) is 0 Å². The first-order chi connectivity index (χ1) is 13.0. The molecule has 0 radical (unpaired) electrons. The number of aryl methyl sites for hydroxylation is 2. The van der Waals surface area contributed by atoms with E-state index in [-0.39, 0.29) is 17.4 Å². The fourth-order valence-corrected chi connectivity index (χ4v) is 5.37. The number of carbonyl (C=O) groups is 1. The van der Waals surface area contributed by atoms with E-state index < -0.39 is 0 Å². The number of rotatable bonds is 4. The Labute approximate surface area is 163 Å². The van der Waals surface area contributed by atoms with Gasteiger partial charge in [-0.15, -0.1) is 11.3 Å². The number of benzene rings is 1. The molecule has 2 aromatic heterocycles. The average molecular weight is 384 g/mol. The molecule has 1 fully saturated rings. The molecule has 1 aromatic carbocycles. The largest absolute Gasteiger partial charge is 0.466 e. The second-order valence-electron chi connectivity index (χ2n) is 7.67. The zero-order valence-corrected chi connectivity index (χ0v) is 16.6. The van der Waals surface area contributed by atoms with Crippen LogP contribution in [0.4, 0.5) is 0 Å². The van der Waals surface area contributed by atoms with Crippen LogP contribution in [0.3, 0.4) is 0 Å². The molecule has 1 aliphatic rings. The van der Waals surface area contributed by atoms with Gasteiger partial charge in [0.25, 0.3) is 5.91 Å². The van der Waals surface area contributed by atoms with Crippen molar-refractivity contribution in [2.75, 3.05) is 6.54 Å². The van der Waals surface area contributed by atoms with Crippen LogP contribution in [0.1, 0.15) is 53.1 Å². The number of furan rings is 1. The molecular formula is C22H25NO3S. The Kier molecular flexibility index (Phi) is 4.82. The number of aliphatic hydroxyl groups is 1. The molecule has 1 aliphatic carbocycles. The lowest BCUT2D eigenvalue weighted by Crippen LogP contribution is -2.44. The van der Waals surface area contributed by atoms with Crippen LogP contribution in [0.25, 0.3) is 10.1 Å². The van der Waals surface area contributed by atoms with Crippen LogP contribution in [0.2, 0.25) is 0 Å². The first-order valence-electron chi connectivity index (χ1n) is 9.48. The summed E-state index contributed by atoms with van der Waals surface area (Å²) in [6, 6.07) is 10.2. The molecule has 0 bridgehead atoms. The lowest BCUT2D eigenvalue weighted by molar-refractivity contribution is 0.0854. The van der Waals surface area contributed by atoms with Crippen LogP contribution < -0.4 is 5.32 Å². The predicted octanol–water partition coefficient (Wildman–Crippen LogP) is 4.71. The highest BCUT2D eigenvalue weighted by Crippen LogP contribution is 2.44. The highest BCUT2D eigenvalue weighted by Gasteiger charge is 2.38. The van der Waals surface area contributed by atoms with Gasteiger partial charge in [0.15, 0.2) is 0 Å². The van der Waals surface area contributed by atoms with Crippen LogP contribution >= 0.6 is 11.3 Å². The number of hydrogen-bond acceptors (Lipinski definition) is 4. The molecule has 4 nitrogen and oxygen atoms in total. The van der Waals surface area contributed by atoms with Crippen LogP contribution in [0.15, 0.2) is 40.1 Å². The van der Waals surface area contributed by atoms with E-state index in [9.17, 15) is 9.90 Å². The molecule has 3 aromatic rings. The lowest BCUT2D eigenvalue weighted by atomic mass is 9.68. The lowest BCUT2D eigenvalue weighted by Gasteiger charge is -2.39. The topological polar surface area (TPSA) is 62.5 Å². The molecule has 0 unspecified atom stereocenters. The van der Waals surface area contributed by atoms with Crippen LogP contribution in [-0.2, 0) is 5.41 Å². The summed E-state index contributed by atoms with van der Waals surface area (Å²) in [6.07, 6.45) is 3.04. The molecule has 2 heterocycles. The van der Waals surface area contributed by atoms with E-state index >= 15 is 0 Å². The monoisotopic (exact) mass is 383 g/mol. The summed E-state index contributed by atoms with van der Waals surface area (Å²) in [5.41, 5.74) is 1.77. The Morgan fingerprint density at radius 1 is 1.30 bits per heavy atom. The minimum atomic E-state index is -0.238. The Bertz CT molecular complexity index is 963. The summed E-state index contributed by atoms with van der Waals surface area (Å²) in [5, 5.41) is 16.7. The van der Waals surface area contributed by atoms with Gasteiger partial charge < -0.3 is 14.8 Å². The normalized spacial score (nSPS) is 22.9. The molecule has 1 saturated carbocycles. The third-order valence-corrected chi connectivity index (χ3v) is 6.80. The maximum atomic E-state index is 12.7. The SMILES string of the molecule is Cc1cc(C(=O)NCC2(c3csc4ccccc34)CCC(O)CC2)c(C)o1. The van der Waals surface area contributed by atoms with Crippen molar-refractivity contribution in [2.45, 2.75) is 51.0 Å². The number of carbonyl (C=O) groups excluding carboxylic acids is 1. The smallest absolute Gasteiger partial charge is 0.254 e. The summed E-state index contributed by atoms with van der Waals surface area (Å²) in [4.78, 5) is 12.7. The summed E-state index contributed by atoms with van der Waals surface area (Å²) in [5.74, 6) is 1.31. The molecule has 1 amide bonds. The molecule has 0 atom stereocenters. The number of aliphatic hydroxyl groups excluding tert-OH is 1. The van der Waals surface area contributed by atoms with Crippen molar-refractivity contribution in [1.29, 1.82) is 0 Å². The van der Waals surface area contributed by atoms with Crippen molar-refractivity contribution in [3.63, 3.8) is 0 Å². The van der Waals surface area contributed by atoms with Crippen molar-refractivity contribution in [2.24, 2.45) is 0 Å². The zero-order valence-electron chi connectivity index (χ0n) is 15.7. The molecule has 0 aliphatic heterocycles. The molecule has 0 spiro atoms. The average Bonchev–Trinajstić information content (AvgIpc) is 3.24. The number of amides is 1. The van der Waals surface area contributed by atoms with Crippen molar-refractivity contribution in [3.05, 3.63) is 58.4 Å². The van der Waals surface area contributed by atoms with E-state index in [0.29, 0.717) is 17.9 Å². The van der Waals surface area contributed by atoms with Gasteiger partial charge in [0.1, 0.15) is 11.5 Å². The third kappa shape index (κ3) is 3.42. The number of fused-ring (bicyclic) bond motifs is 1. The maximum absolute atomic E-state index is 12.7. The zero-order chi connectivity index (χ0) is 19.0. The van der Waals surface area contributed by atoms with Crippen molar-refractivity contribution in [3.8, 4) is 0 Å². The van der Waals surface area contributed by atoms with Gasteiger partial charge in [-0.05, 0) is 68.0 Å². The second kappa shape index (κ2) is 7.13. The Morgan fingerprint density at radius 3 is 2.74 bits per heavy atom. The van der Waals surface area contributed by atoms with E-state index in [4.69, 9.17) is 4.42 Å². The van der Waals surface area contributed by atoms with Gasteiger partial charge in [-0.25, -0.2) is 0 Å². The highest BCUT2D eigenvalue weighted by molar-refractivity contribution is 7.17. The summed E-state index contributed by atoms with van der Waals surface area (Å²) in [6.45, 7) is 4.25. The minimum absolute atomic E-state index is 0.0885. The predicted molar refractivity (Wildman–Crippen MR) is 108 cm³/mol. The first-order valence-corrected chi connectivity index (χ1v) is 10.4. The Hall–Kier alpha value is -2.11. The third-order valence-electron chi connectivity index (χ3n) is 5.84. The molecular weight excluding hydrogens is 358 g/mol. The van der Waals surface area contributed by atoms with E-state index in [0.717, 1.165) is 31.4 Å². The van der Waals surface area contributed by atoms with Gasteiger partial charge >= 0.3 is 0 Å². The molecule has 0 saturated heterocycles. The maximum Gasteiger partial charge on any atom is 0.254 e. The van der Waals surface area contributed by atoms with Crippen molar-refractivity contribution < 1.29 is 14.3 Å². The molecule has 5 heteroatoms. The minimum Gasteiger partial charge on any atom is -0.466 e. The molecule has 27 heavy (non-hydrogen) atoms. The number of thiophene rings is 1. The number of nitrogens with one attached hydrogen (secondary N) is 1. The van der Waals surface area contributed by atoms with Crippen LogP contribution in [0.5, 0.6) is 0 Å². The summed E-state index contributed by atoms with van der Waals surface area (Å²) in [7, 11) is 0. The summed E-state index contributed by atoms with van der Waals surface area (Å²) >= 11 is 1.75. The fourth-order valence-electron chi connectivity index (χ4n) is 4.29. The fraction of sp³-hybridized carbons (Fsp3) is 0.409. The number of hydrogen-bond donors (Lipinski definition) is 2. The van der Waals surface area contributed by atoms with E-state index in [1.165, 1.54) is 15.6 Å². The molecule has 2 N–H and O–H groups in total. The standard InChI is InChI=1S/C22H25NO3S/c1-14-11-18(15(2)26-14)21(25)23-13-22(9-7-16(24)8-10-22)19-12-27-20-6-4-3-5-17(19)20/h3-6,11-12,16,24H,7-10,13H2,1-2H3,(H,23,25).